The molecular formula is C12H12ORu. The van der Waals surface area contributed by atoms with Gasteiger partial charge >= 0.3 is 0 Å². The van der Waals surface area contributed by atoms with Crippen LogP contribution >= 0.6 is 0 Å². The van der Waals surface area contributed by atoms with Crippen LogP contribution in [0.3, 0.4) is 0 Å². The Hall–Kier alpha value is 0.293. The third kappa shape index (κ3) is 5.91. The number of carbonyl (C=O) groups is 1. The summed E-state index contributed by atoms with van der Waals surface area (Å²) in [7, 11) is 0. The molecule has 0 saturated heterocycles. The Morgan fingerprint density at radius 2 is 1.21 bits per heavy atom. The SMILES string of the molecule is CC(=O)[C]1[CH][CH][CH][CH]1.[CH]1[CH][CH][CH][CH]1.[Ru]. The van der Waals surface area contributed by atoms with Crippen molar-refractivity contribution in [3.63, 3.8) is 0 Å². The average Bonchev–Trinajstić information content (AvgIpc) is 2.82. The summed E-state index contributed by atoms with van der Waals surface area (Å²) < 4.78 is 0. The minimum Gasteiger partial charge on any atom is -0.299 e. The van der Waals surface area contributed by atoms with E-state index in [1.807, 2.05) is 57.8 Å². The fourth-order valence-corrected chi connectivity index (χ4v) is 0.929. The second-order valence-corrected chi connectivity index (χ2v) is 2.69. The number of ketones is 1. The number of Topliss-reactive ketones (excluding diaryl/α,β-unsaturated/α-hetero) is 1. The van der Waals surface area contributed by atoms with Gasteiger partial charge in [0.05, 0.1) is 0 Å². The maximum atomic E-state index is 10.5. The van der Waals surface area contributed by atoms with Crippen molar-refractivity contribution >= 4 is 5.78 Å². The van der Waals surface area contributed by atoms with Crippen molar-refractivity contribution in [3.8, 4) is 0 Å². The third-order valence-corrected chi connectivity index (χ3v) is 1.62. The van der Waals surface area contributed by atoms with Crippen LogP contribution in [0.5, 0.6) is 0 Å². The van der Waals surface area contributed by atoms with Gasteiger partial charge in [-0.15, -0.1) is 0 Å². The standard InChI is InChI=1S/C7H7O.C5H5.Ru/c1-6(8)7-4-2-3-5-7;1-2-4-5-3-1;/h2-5H,1H3;1-5H;. The summed E-state index contributed by atoms with van der Waals surface area (Å²) in [5, 5.41) is 0. The minimum atomic E-state index is 0. The zero-order valence-electron chi connectivity index (χ0n) is 7.96. The molecular weight excluding hydrogens is 261 g/mol. The summed E-state index contributed by atoms with van der Waals surface area (Å²) in [5.74, 6) is 0.931. The molecule has 0 heterocycles. The van der Waals surface area contributed by atoms with E-state index in [1.54, 1.807) is 6.92 Å². The Morgan fingerprint density at radius 3 is 1.43 bits per heavy atom. The first-order valence-electron chi connectivity index (χ1n) is 4.20. The maximum Gasteiger partial charge on any atom is 0.137 e. The Labute approximate surface area is 101 Å². The summed E-state index contributed by atoms with van der Waals surface area (Å²) in [5.41, 5.74) is 0. The number of rotatable bonds is 1. The van der Waals surface area contributed by atoms with Crippen LogP contribution in [0, 0.1) is 63.7 Å². The van der Waals surface area contributed by atoms with E-state index in [-0.39, 0.29) is 25.3 Å². The van der Waals surface area contributed by atoms with Crippen molar-refractivity contribution in [2.24, 2.45) is 0 Å². The number of hydrogen-bond acceptors (Lipinski definition) is 1. The Kier molecular flexibility index (Phi) is 8.77. The molecule has 74 valence electrons. The smallest absolute Gasteiger partial charge is 0.137 e. The molecule has 0 spiro atoms. The molecule has 0 aromatic heterocycles. The summed E-state index contributed by atoms with van der Waals surface area (Å²) in [4.78, 5) is 10.5. The first kappa shape index (κ1) is 14.3. The van der Waals surface area contributed by atoms with Gasteiger partial charge in [-0.05, 0) is 64.7 Å². The van der Waals surface area contributed by atoms with Crippen molar-refractivity contribution in [3.05, 3.63) is 63.7 Å². The van der Waals surface area contributed by atoms with Gasteiger partial charge < -0.3 is 0 Å². The van der Waals surface area contributed by atoms with Crippen molar-refractivity contribution in [1.82, 2.24) is 0 Å². The fourth-order valence-electron chi connectivity index (χ4n) is 0.929. The Bertz CT molecular complexity index is 139. The molecule has 0 N–H and O–H groups in total. The first-order chi connectivity index (χ1) is 6.30. The van der Waals surface area contributed by atoms with Crippen LogP contribution < -0.4 is 0 Å². The molecule has 2 heteroatoms. The van der Waals surface area contributed by atoms with Gasteiger partial charge in [0, 0.05) is 25.4 Å². The van der Waals surface area contributed by atoms with Crippen LogP contribution in [-0.2, 0) is 24.3 Å². The van der Waals surface area contributed by atoms with Crippen LogP contribution in [0.25, 0.3) is 0 Å². The van der Waals surface area contributed by atoms with Crippen molar-refractivity contribution in [2.75, 3.05) is 0 Å². The van der Waals surface area contributed by atoms with Crippen molar-refractivity contribution < 1.29 is 24.3 Å². The van der Waals surface area contributed by atoms with Gasteiger partial charge in [-0.3, -0.25) is 4.79 Å². The second kappa shape index (κ2) is 8.59. The molecule has 0 bridgehead atoms. The van der Waals surface area contributed by atoms with E-state index in [0.29, 0.717) is 0 Å². The van der Waals surface area contributed by atoms with E-state index in [0.717, 1.165) is 5.92 Å². The van der Waals surface area contributed by atoms with Gasteiger partial charge in [0.15, 0.2) is 0 Å². The predicted octanol–water partition coefficient (Wildman–Crippen LogP) is 2.00. The minimum absolute atomic E-state index is 0. The van der Waals surface area contributed by atoms with Gasteiger partial charge in [-0.2, -0.15) is 0 Å². The van der Waals surface area contributed by atoms with E-state index in [2.05, 4.69) is 0 Å². The molecule has 14 heavy (non-hydrogen) atoms. The molecule has 0 aliphatic heterocycles. The predicted molar refractivity (Wildman–Crippen MR) is 52.6 cm³/mol. The monoisotopic (exact) mass is 274 g/mol. The van der Waals surface area contributed by atoms with Crippen LogP contribution in [-0.4, -0.2) is 5.78 Å². The van der Waals surface area contributed by atoms with Crippen molar-refractivity contribution in [1.29, 1.82) is 0 Å². The number of carbonyl (C=O) groups excluding carboxylic acids is 1. The second-order valence-electron chi connectivity index (χ2n) is 2.69. The van der Waals surface area contributed by atoms with Crippen LogP contribution in [0.4, 0.5) is 0 Å². The summed E-state index contributed by atoms with van der Waals surface area (Å²) in [6.45, 7) is 1.56. The molecule has 0 amide bonds. The van der Waals surface area contributed by atoms with E-state index in [9.17, 15) is 4.79 Å². The van der Waals surface area contributed by atoms with E-state index < -0.39 is 0 Å². The molecule has 0 aromatic rings. The van der Waals surface area contributed by atoms with Gasteiger partial charge in [-0.1, -0.05) is 0 Å². The largest absolute Gasteiger partial charge is 0.299 e. The summed E-state index contributed by atoms with van der Waals surface area (Å²) in [6.07, 6.45) is 17.3. The first-order valence-corrected chi connectivity index (χ1v) is 4.20. The van der Waals surface area contributed by atoms with E-state index in [1.165, 1.54) is 0 Å². The Morgan fingerprint density at radius 1 is 0.857 bits per heavy atom. The summed E-state index contributed by atoms with van der Waals surface area (Å²) in [6, 6.07) is 0. The average molecular weight is 273 g/mol. The fraction of sp³-hybridized carbons (Fsp3) is 0.0833. The third-order valence-electron chi connectivity index (χ3n) is 1.62. The normalized spacial score (nSPS) is 20.9. The van der Waals surface area contributed by atoms with E-state index in [4.69, 9.17) is 0 Å². The van der Waals surface area contributed by atoms with Gasteiger partial charge in [0.25, 0.3) is 0 Å². The zero-order chi connectivity index (χ0) is 9.52. The molecule has 2 rings (SSSR count). The zero-order valence-corrected chi connectivity index (χ0v) is 9.70. The van der Waals surface area contributed by atoms with Crippen LogP contribution in [0.2, 0.25) is 0 Å². The molecule has 2 fully saturated rings. The molecule has 0 atom stereocenters. The molecule has 2 aliphatic carbocycles. The molecule has 1 nitrogen and oxygen atoms in total. The van der Waals surface area contributed by atoms with Crippen LogP contribution in [0.1, 0.15) is 6.92 Å². The van der Waals surface area contributed by atoms with Gasteiger partial charge in [0.2, 0.25) is 0 Å². The topological polar surface area (TPSA) is 17.1 Å². The molecule has 0 aromatic carbocycles. The van der Waals surface area contributed by atoms with Crippen LogP contribution in [0.15, 0.2) is 0 Å². The van der Waals surface area contributed by atoms with E-state index >= 15 is 0 Å². The van der Waals surface area contributed by atoms with Crippen molar-refractivity contribution in [2.45, 2.75) is 6.92 Å². The van der Waals surface area contributed by atoms with Gasteiger partial charge in [-0.25, -0.2) is 0 Å². The Balaban J connectivity index is 0.000000246. The maximum absolute atomic E-state index is 10.5. The quantitative estimate of drug-likeness (QED) is 0.668. The van der Waals surface area contributed by atoms with Gasteiger partial charge in [0.1, 0.15) is 5.78 Å². The molecule has 10 radical (unpaired) electrons. The molecule has 2 aliphatic rings. The molecule has 0 unspecified atom stereocenters. The number of hydrogen-bond donors (Lipinski definition) is 0. The summed E-state index contributed by atoms with van der Waals surface area (Å²) >= 11 is 0. The molecule has 2 saturated carbocycles.